The second-order valence-electron chi connectivity index (χ2n) is 7.40. The summed E-state index contributed by atoms with van der Waals surface area (Å²) in [6, 6.07) is 23.8. The van der Waals surface area contributed by atoms with Gasteiger partial charge in [0.05, 0.1) is 11.2 Å². The molecule has 0 spiro atoms. The Balaban J connectivity index is 1.43. The number of anilines is 1. The van der Waals surface area contributed by atoms with Crippen molar-refractivity contribution in [1.29, 1.82) is 0 Å². The first kappa shape index (κ1) is 18.3. The Morgan fingerprint density at radius 2 is 1.72 bits per heavy atom. The van der Waals surface area contributed by atoms with Crippen LogP contribution in [0, 0.1) is 0 Å². The number of hydrazone groups is 1. The van der Waals surface area contributed by atoms with Crippen molar-refractivity contribution >= 4 is 34.0 Å². The molecule has 0 amide bonds. The molecule has 5 aromatic rings. The van der Waals surface area contributed by atoms with Crippen LogP contribution in [0.5, 0.6) is 11.5 Å². The number of nitrogens with zero attached hydrogens (tertiary/aromatic N) is 6. The van der Waals surface area contributed by atoms with Crippen LogP contribution in [0.1, 0.15) is 0 Å². The summed E-state index contributed by atoms with van der Waals surface area (Å²) in [6.45, 7) is 0. The maximum absolute atomic E-state index is 6.23. The fraction of sp³-hybridized carbons (Fsp3) is 0.0417. The molecule has 4 heterocycles. The van der Waals surface area contributed by atoms with E-state index in [2.05, 4.69) is 37.3 Å². The number of fused-ring (bicyclic) bond motifs is 3. The van der Waals surface area contributed by atoms with E-state index < -0.39 is 0 Å². The number of benzene rings is 2. The monoisotopic (exact) mass is 421 g/mol. The van der Waals surface area contributed by atoms with Gasteiger partial charge in [-0.25, -0.2) is 20.1 Å². The first-order valence-corrected chi connectivity index (χ1v) is 10.2. The number of aromatic nitrogens is 3. The first-order chi connectivity index (χ1) is 15.8. The molecule has 0 fully saturated rings. The Morgan fingerprint density at radius 3 is 2.56 bits per heavy atom. The minimum absolute atomic E-state index is 0.727. The molecule has 6 rings (SSSR count). The first-order valence-electron chi connectivity index (χ1n) is 10.2. The summed E-state index contributed by atoms with van der Waals surface area (Å²) in [5.41, 5.74) is 5.87. The molecule has 0 saturated carbocycles. The van der Waals surface area contributed by atoms with Crippen LogP contribution in [0.25, 0.3) is 27.8 Å². The van der Waals surface area contributed by atoms with E-state index in [1.807, 2.05) is 72.7 Å². The van der Waals surface area contributed by atoms with E-state index in [4.69, 9.17) is 4.74 Å². The van der Waals surface area contributed by atoms with Gasteiger partial charge in [0.15, 0.2) is 0 Å². The Labute approximate surface area is 183 Å². The van der Waals surface area contributed by atoms with E-state index in [0.29, 0.717) is 0 Å². The highest BCUT2D eigenvalue weighted by Crippen LogP contribution is 2.34. The second-order valence-corrected chi connectivity index (χ2v) is 7.40. The standard InChI is InChI=1S/C24H19N7O/c1-29-27-16-30(28-29)17-6-4-7-18(14-17)32-19-10-11-20-21-8-5-13-26-24(21)31(22(20)15-19)23-9-2-3-12-25-23/h2-16,28H,1H3. The summed E-state index contributed by atoms with van der Waals surface area (Å²) in [5.74, 6) is 2.27. The molecule has 0 atom stereocenters. The number of hydrogen-bond acceptors (Lipinski definition) is 7. The van der Waals surface area contributed by atoms with Crippen LogP contribution in [0.15, 0.2) is 90.3 Å². The predicted molar refractivity (Wildman–Crippen MR) is 125 cm³/mol. The minimum atomic E-state index is 0.727. The van der Waals surface area contributed by atoms with Crippen molar-refractivity contribution in [3.05, 3.63) is 85.2 Å². The molecule has 0 bridgehead atoms. The zero-order valence-corrected chi connectivity index (χ0v) is 17.3. The van der Waals surface area contributed by atoms with E-state index in [0.717, 1.165) is 44.9 Å². The van der Waals surface area contributed by atoms with Gasteiger partial charge in [-0.2, -0.15) is 0 Å². The van der Waals surface area contributed by atoms with Gasteiger partial charge in [0, 0.05) is 42.3 Å². The van der Waals surface area contributed by atoms with Crippen molar-refractivity contribution < 1.29 is 4.74 Å². The summed E-state index contributed by atoms with van der Waals surface area (Å²) >= 11 is 0. The lowest BCUT2D eigenvalue weighted by Crippen LogP contribution is -2.38. The predicted octanol–water partition coefficient (Wildman–Crippen LogP) is 4.48. The highest BCUT2D eigenvalue weighted by Gasteiger charge is 2.15. The van der Waals surface area contributed by atoms with Gasteiger partial charge in [-0.1, -0.05) is 12.1 Å². The van der Waals surface area contributed by atoms with Crippen LogP contribution in [-0.4, -0.2) is 33.0 Å². The fourth-order valence-corrected chi connectivity index (χ4v) is 3.90. The van der Waals surface area contributed by atoms with Gasteiger partial charge in [0.2, 0.25) is 0 Å². The Morgan fingerprint density at radius 1 is 0.812 bits per heavy atom. The summed E-state index contributed by atoms with van der Waals surface area (Å²) in [5, 5.41) is 9.79. The Kier molecular flexibility index (Phi) is 4.22. The molecule has 32 heavy (non-hydrogen) atoms. The summed E-state index contributed by atoms with van der Waals surface area (Å²) < 4.78 is 8.30. The zero-order chi connectivity index (χ0) is 21.5. The van der Waals surface area contributed by atoms with Crippen LogP contribution in [-0.2, 0) is 0 Å². The third-order valence-corrected chi connectivity index (χ3v) is 5.30. The third kappa shape index (κ3) is 3.10. The van der Waals surface area contributed by atoms with Gasteiger partial charge in [-0.05, 0) is 48.5 Å². The highest BCUT2D eigenvalue weighted by atomic mass is 16.5. The molecule has 1 N–H and O–H groups in total. The number of hydrazine groups is 2. The van der Waals surface area contributed by atoms with Gasteiger partial charge in [0.25, 0.3) is 0 Å². The third-order valence-electron chi connectivity index (χ3n) is 5.30. The highest BCUT2D eigenvalue weighted by molar-refractivity contribution is 6.08. The molecule has 1 aliphatic rings. The molecular weight excluding hydrogens is 402 g/mol. The van der Waals surface area contributed by atoms with Crippen LogP contribution in [0.4, 0.5) is 5.69 Å². The number of ether oxygens (including phenoxy) is 1. The smallest absolute Gasteiger partial charge is 0.146 e. The molecule has 156 valence electrons. The van der Waals surface area contributed by atoms with Crippen LogP contribution in [0.3, 0.4) is 0 Å². The van der Waals surface area contributed by atoms with Gasteiger partial charge in [-0.15, -0.1) is 10.6 Å². The lowest BCUT2D eigenvalue weighted by Gasteiger charge is -2.17. The molecule has 8 nitrogen and oxygen atoms in total. The molecule has 0 aliphatic carbocycles. The topological polar surface area (TPSA) is 70.8 Å². The van der Waals surface area contributed by atoms with Crippen molar-refractivity contribution in [2.45, 2.75) is 0 Å². The molecule has 0 unspecified atom stereocenters. The SMILES string of the molecule is CN1N=CN(c2cccc(Oc3ccc4c5cccnc5n(-c5ccccn5)c4c3)c2)N1. The van der Waals surface area contributed by atoms with Crippen molar-refractivity contribution in [3.63, 3.8) is 0 Å². The summed E-state index contributed by atoms with van der Waals surface area (Å²) in [7, 11) is 1.83. The number of pyridine rings is 2. The molecule has 1 aliphatic heterocycles. The average Bonchev–Trinajstić information content (AvgIpc) is 3.41. The van der Waals surface area contributed by atoms with Crippen molar-refractivity contribution in [2.75, 3.05) is 12.1 Å². The molecule has 2 aromatic carbocycles. The van der Waals surface area contributed by atoms with Gasteiger partial charge in [-0.3, -0.25) is 4.57 Å². The largest absolute Gasteiger partial charge is 0.457 e. The average molecular weight is 421 g/mol. The van der Waals surface area contributed by atoms with Crippen LogP contribution < -0.4 is 15.3 Å². The summed E-state index contributed by atoms with van der Waals surface area (Å²) in [4.78, 5) is 9.17. The lowest BCUT2D eigenvalue weighted by atomic mass is 10.2. The van der Waals surface area contributed by atoms with Gasteiger partial charge in [0.1, 0.15) is 29.3 Å². The lowest BCUT2D eigenvalue weighted by molar-refractivity contribution is 0.279. The zero-order valence-electron chi connectivity index (χ0n) is 17.3. The van der Waals surface area contributed by atoms with E-state index in [-0.39, 0.29) is 0 Å². The molecule has 8 heteroatoms. The summed E-state index contributed by atoms with van der Waals surface area (Å²) in [6.07, 6.45) is 5.30. The van der Waals surface area contributed by atoms with Crippen molar-refractivity contribution in [3.8, 4) is 17.3 Å². The van der Waals surface area contributed by atoms with E-state index in [9.17, 15) is 0 Å². The Bertz CT molecular complexity index is 1460. The maximum Gasteiger partial charge on any atom is 0.146 e. The van der Waals surface area contributed by atoms with E-state index in [1.54, 1.807) is 23.9 Å². The Hall–Kier alpha value is -4.43. The maximum atomic E-state index is 6.23. The number of rotatable bonds is 4. The molecule has 3 aromatic heterocycles. The quantitative estimate of drug-likeness (QED) is 0.461. The van der Waals surface area contributed by atoms with E-state index >= 15 is 0 Å². The second kappa shape index (κ2) is 7.36. The minimum Gasteiger partial charge on any atom is -0.457 e. The van der Waals surface area contributed by atoms with Crippen molar-refractivity contribution in [2.24, 2.45) is 5.10 Å². The molecular formula is C24H19N7O. The molecule has 0 saturated heterocycles. The van der Waals surface area contributed by atoms with Gasteiger partial charge < -0.3 is 4.74 Å². The fourth-order valence-electron chi connectivity index (χ4n) is 3.90. The van der Waals surface area contributed by atoms with Gasteiger partial charge >= 0.3 is 0 Å². The normalized spacial score (nSPS) is 13.4. The number of hydrogen-bond donors (Lipinski definition) is 1. The van der Waals surface area contributed by atoms with Crippen LogP contribution in [0.2, 0.25) is 0 Å². The number of nitrogens with one attached hydrogen (secondary N) is 1. The van der Waals surface area contributed by atoms with Crippen molar-refractivity contribution in [1.82, 2.24) is 25.2 Å². The van der Waals surface area contributed by atoms with Crippen LogP contribution >= 0.6 is 0 Å². The van der Waals surface area contributed by atoms with E-state index in [1.165, 1.54) is 0 Å². The molecule has 0 radical (unpaired) electrons.